The molecule has 0 aliphatic rings. The fourth-order valence-corrected chi connectivity index (χ4v) is 1.92. The first-order valence-corrected chi connectivity index (χ1v) is 6.39. The Labute approximate surface area is 117 Å². The Balaban J connectivity index is 2.02. The molecule has 2 aromatic rings. The summed E-state index contributed by atoms with van der Waals surface area (Å²) >= 11 is 0. The molecule has 3 nitrogen and oxygen atoms in total. The molecule has 1 unspecified atom stereocenters. The molecule has 0 aromatic heterocycles. The van der Waals surface area contributed by atoms with Gasteiger partial charge in [-0.25, -0.2) is 4.39 Å². The minimum absolute atomic E-state index is 0.0937. The van der Waals surface area contributed by atoms with Crippen LogP contribution in [0.25, 0.3) is 0 Å². The fraction of sp³-hybridized carbons (Fsp3) is 0.200. The van der Waals surface area contributed by atoms with E-state index in [9.17, 15) is 4.39 Å². The largest absolute Gasteiger partial charge is 0.491 e. The quantitative estimate of drug-likeness (QED) is 0.817. The maximum Gasteiger partial charge on any atom is 0.491 e. The van der Waals surface area contributed by atoms with E-state index in [-0.39, 0.29) is 18.2 Å². The molecule has 0 aliphatic heterocycles. The monoisotopic (exact) mass is 274 g/mol. The van der Waals surface area contributed by atoms with Crippen LogP contribution in [0.2, 0.25) is 0 Å². The minimum Gasteiger partial charge on any atom is -0.423 e. The van der Waals surface area contributed by atoms with E-state index >= 15 is 0 Å². The summed E-state index contributed by atoms with van der Waals surface area (Å²) in [6, 6.07) is 13.9. The molecular weight excluding hydrogens is 258 g/mol. The van der Waals surface area contributed by atoms with E-state index in [1.54, 1.807) is 6.07 Å². The third-order valence-corrected chi connectivity index (χ3v) is 3.11. The molecule has 0 saturated heterocycles. The summed E-state index contributed by atoms with van der Waals surface area (Å²) in [5, 5.41) is 18.1. The highest BCUT2D eigenvalue weighted by Gasteiger charge is 2.17. The van der Waals surface area contributed by atoms with Gasteiger partial charge in [0.05, 0.1) is 12.7 Å². The third kappa shape index (κ3) is 3.66. The van der Waals surface area contributed by atoms with Crippen LogP contribution in [0.5, 0.6) is 0 Å². The summed E-state index contributed by atoms with van der Waals surface area (Å²) in [6.07, 6.45) is -0.0937. The Kier molecular flexibility index (Phi) is 4.90. The summed E-state index contributed by atoms with van der Waals surface area (Å²) < 4.78 is 19.0. The molecule has 0 radical (unpaired) electrons. The van der Waals surface area contributed by atoms with Crippen molar-refractivity contribution in [1.82, 2.24) is 0 Å². The van der Waals surface area contributed by atoms with Crippen molar-refractivity contribution in [2.45, 2.75) is 19.6 Å². The zero-order valence-electron chi connectivity index (χ0n) is 11.2. The second-order valence-electron chi connectivity index (χ2n) is 4.59. The van der Waals surface area contributed by atoms with Gasteiger partial charge in [-0.2, -0.15) is 0 Å². The van der Waals surface area contributed by atoms with Crippen molar-refractivity contribution in [3.05, 3.63) is 65.5 Å². The zero-order chi connectivity index (χ0) is 14.5. The van der Waals surface area contributed by atoms with Gasteiger partial charge in [-0.3, -0.25) is 0 Å². The molecule has 0 aliphatic carbocycles. The predicted molar refractivity (Wildman–Crippen MR) is 75.9 cm³/mol. The molecule has 2 aromatic carbocycles. The van der Waals surface area contributed by atoms with Gasteiger partial charge in [0.2, 0.25) is 0 Å². The minimum atomic E-state index is -1.82. The summed E-state index contributed by atoms with van der Waals surface area (Å²) in [4.78, 5) is 0. The molecule has 2 N–H and O–H groups in total. The van der Waals surface area contributed by atoms with E-state index in [0.717, 1.165) is 5.56 Å². The van der Waals surface area contributed by atoms with Gasteiger partial charge < -0.3 is 14.8 Å². The summed E-state index contributed by atoms with van der Waals surface area (Å²) in [7, 11) is -1.82. The summed E-state index contributed by atoms with van der Waals surface area (Å²) in [5.41, 5.74) is 1.60. The van der Waals surface area contributed by atoms with Crippen molar-refractivity contribution in [1.29, 1.82) is 0 Å². The van der Waals surface area contributed by atoms with E-state index in [2.05, 4.69) is 0 Å². The highest BCUT2D eigenvalue weighted by Crippen LogP contribution is 2.17. The normalized spacial score (nSPS) is 12.2. The molecule has 2 rings (SSSR count). The van der Waals surface area contributed by atoms with Gasteiger partial charge in [0.25, 0.3) is 0 Å². The Morgan fingerprint density at radius 2 is 1.85 bits per heavy atom. The Bertz CT molecular complexity index is 560. The van der Waals surface area contributed by atoms with Crippen molar-refractivity contribution in [3.8, 4) is 0 Å². The SMILES string of the molecule is CC(OCc1ccc(F)c(B(O)O)c1)c1ccccc1. The van der Waals surface area contributed by atoms with Crippen molar-refractivity contribution >= 4 is 12.6 Å². The molecule has 0 saturated carbocycles. The van der Waals surface area contributed by atoms with Crippen LogP contribution < -0.4 is 5.46 Å². The lowest BCUT2D eigenvalue weighted by Gasteiger charge is -2.14. The highest BCUT2D eigenvalue weighted by molar-refractivity contribution is 6.58. The lowest BCUT2D eigenvalue weighted by molar-refractivity contribution is 0.0525. The fourth-order valence-electron chi connectivity index (χ4n) is 1.92. The Hall–Kier alpha value is -1.69. The van der Waals surface area contributed by atoms with Gasteiger partial charge in [-0.15, -0.1) is 0 Å². The van der Waals surface area contributed by atoms with E-state index in [4.69, 9.17) is 14.8 Å². The van der Waals surface area contributed by atoms with Crippen LogP contribution in [0, 0.1) is 5.82 Å². The number of rotatable bonds is 5. The van der Waals surface area contributed by atoms with Gasteiger partial charge in [0.1, 0.15) is 5.82 Å². The molecule has 5 heteroatoms. The molecule has 20 heavy (non-hydrogen) atoms. The molecule has 104 valence electrons. The van der Waals surface area contributed by atoms with Gasteiger partial charge in [0.15, 0.2) is 0 Å². The molecule has 0 amide bonds. The van der Waals surface area contributed by atoms with Crippen molar-refractivity contribution in [3.63, 3.8) is 0 Å². The van der Waals surface area contributed by atoms with Crippen molar-refractivity contribution < 1.29 is 19.2 Å². The van der Waals surface area contributed by atoms with Crippen LogP contribution in [0.3, 0.4) is 0 Å². The smallest absolute Gasteiger partial charge is 0.423 e. The summed E-state index contributed by atoms with van der Waals surface area (Å²) in [5.74, 6) is -0.639. The van der Waals surface area contributed by atoms with Gasteiger partial charge in [-0.1, -0.05) is 42.5 Å². The molecule has 0 bridgehead atoms. The highest BCUT2D eigenvalue weighted by atomic mass is 19.1. The molecule has 0 heterocycles. The van der Waals surface area contributed by atoms with Crippen LogP contribution in [-0.2, 0) is 11.3 Å². The van der Waals surface area contributed by atoms with Gasteiger partial charge in [0, 0.05) is 5.46 Å². The maximum absolute atomic E-state index is 13.3. The second-order valence-corrected chi connectivity index (χ2v) is 4.59. The van der Waals surface area contributed by atoms with Crippen LogP contribution in [0.1, 0.15) is 24.2 Å². The van der Waals surface area contributed by atoms with E-state index in [1.807, 2.05) is 37.3 Å². The molecule has 0 fully saturated rings. The number of halogens is 1. The molecule has 1 atom stereocenters. The first-order chi connectivity index (χ1) is 9.58. The van der Waals surface area contributed by atoms with Gasteiger partial charge >= 0.3 is 7.12 Å². The van der Waals surface area contributed by atoms with Crippen LogP contribution >= 0.6 is 0 Å². The van der Waals surface area contributed by atoms with Crippen LogP contribution in [0.4, 0.5) is 4.39 Å². The topological polar surface area (TPSA) is 49.7 Å². The zero-order valence-corrected chi connectivity index (χ0v) is 11.2. The van der Waals surface area contributed by atoms with Crippen molar-refractivity contribution in [2.24, 2.45) is 0 Å². The van der Waals surface area contributed by atoms with Crippen LogP contribution in [0.15, 0.2) is 48.5 Å². The number of benzene rings is 2. The Morgan fingerprint density at radius 1 is 1.15 bits per heavy atom. The average Bonchev–Trinajstić information content (AvgIpc) is 2.46. The predicted octanol–water partition coefficient (Wildman–Crippen LogP) is 1.78. The standard InChI is InChI=1S/C15H16BFO3/c1-11(13-5-3-2-4-6-13)20-10-12-7-8-15(17)14(9-12)16(18)19/h2-9,11,18-19H,10H2,1H3. The first kappa shape index (κ1) is 14.7. The first-order valence-electron chi connectivity index (χ1n) is 6.39. The lowest BCUT2D eigenvalue weighted by Crippen LogP contribution is -2.33. The average molecular weight is 274 g/mol. The maximum atomic E-state index is 13.3. The number of hydrogen-bond donors (Lipinski definition) is 2. The Morgan fingerprint density at radius 3 is 2.50 bits per heavy atom. The number of hydrogen-bond acceptors (Lipinski definition) is 3. The van der Waals surface area contributed by atoms with Gasteiger partial charge in [-0.05, 0) is 24.1 Å². The van der Waals surface area contributed by atoms with E-state index < -0.39 is 12.9 Å². The molecule has 0 spiro atoms. The van der Waals surface area contributed by atoms with E-state index in [1.165, 1.54) is 12.1 Å². The van der Waals surface area contributed by atoms with E-state index in [0.29, 0.717) is 5.56 Å². The second kappa shape index (κ2) is 6.66. The third-order valence-electron chi connectivity index (χ3n) is 3.11. The number of ether oxygens (including phenoxy) is 1. The summed E-state index contributed by atoms with van der Waals surface area (Å²) in [6.45, 7) is 2.21. The van der Waals surface area contributed by atoms with Crippen molar-refractivity contribution in [2.75, 3.05) is 0 Å². The molecular formula is C15H16BFO3. The van der Waals surface area contributed by atoms with Crippen LogP contribution in [-0.4, -0.2) is 17.2 Å². The lowest BCUT2D eigenvalue weighted by atomic mass is 9.79.